The van der Waals surface area contributed by atoms with Crippen LogP contribution in [0.5, 0.6) is 11.5 Å². The summed E-state index contributed by atoms with van der Waals surface area (Å²) in [4.78, 5) is 0.0177. The molecule has 0 atom stereocenters. The van der Waals surface area contributed by atoms with Crippen LogP contribution < -0.4 is 14.2 Å². The van der Waals surface area contributed by atoms with Crippen LogP contribution in [-0.2, 0) is 10.0 Å². The number of hydrogen-bond donors (Lipinski definition) is 1. The zero-order valence-corrected chi connectivity index (χ0v) is 17.8. The number of aromatic nitrogens is 4. The Morgan fingerprint density at radius 2 is 1.74 bits per heavy atom. The Morgan fingerprint density at radius 1 is 0.968 bits per heavy atom. The van der Waals surface area contributed by atoms with Crippen molar-refractivity contribution >= 4 is 21.4 Å². The summed E-state index contributed by atoms with van der Waals surface area (Å²) in [6.07, 6.45) is 1.52. The molecule has 0 saturated heterocycles. The molecule has 0 saturated carbocycles. The van der Waals surface area contributed by atoms with Gasteiger partial charge in [-0.2, -0.15) is 9.61 Å². The average Bonchev–Trinajstić information content (AvgIpc) is 3.23. The van der Waals surface area contributed by atoms with Gasteiger partial charge in [-0.15, -0.1) is 10.2 Å². The van der Waals surface area contributed by atoms with E-state index in [2.05, 4.69) is 20.0 Å². The minimum Gasteiger partial charge on any atom is -0.494 e. The quantitative estimate of drug-likeness (QED) is 0.448. The van der Waals surface area contributed by atoms with E-state index in [0.29, 0.717) is 36.0 Å². The standard InChI is InChI=1S/C21H21N5O4S/c1-3-29-17-9-11-19(30-4-2)20(13-17)31(27,28)25-16-7-5-15(6-8-16)18-10-12-21-23-22-14-26(21)24-18/h5-14,25H,3-4H2,1-2H3. The fraction of sp³-hybridized carbons (Fsp3) is 0.190. The van der Waals surface area contributed by atoms with Gasteiger partial charge in [-0.1, -0.05) is 12.1 Å². The molecule has 2 aromatic carbocycles. The molecular weight excluding hydrogens is 418 g/mol. The van der Waals surface area contributed by atoms with Gasteiger partial charge in [0.25, 0.3) is 10.0 Å². The molecule has 1 N–H and O–H groups in total. The van der Waals surface area contributed by atoms with E-state index in [-0.39, 0.29) is 10.6 Å². The summed E-state index contributed by atoms with van der Waals surface area (Å²) in [6.45, 7) is 4.40. The van der Waals surface area contributed by atoms with E-state index in [1.54, 1.807) is 47.8 Å². The Balaban J connectivity index is 1.60. The van der Waals surface area contributed by atoms with Gasteiger partial charge in [0, 0.05) is 17.3 Å². The molecule has 0 radical (unpaired) electrons. The third kappa shape index (κ3) is 4.43. The maximum Gasteiger partial charge on any atom is 0.265 e. The van der Waals surface area contributed by atoms with Gasteiger partial charge in [0.15, 0.2) is 5.65 Å². The molecule has 0 fully saturated rings. The normalized spacial score (nSPS) is 11.4. The third-order valence-corrected chi connectivity index (χ3v) is 5.81. The SMILES string of the molecule is CCOc1ccc(OCC)c(S(=O)(=O)Nc2ccc(-c3ccc4nncn4n3)cc2)c1. The smallest absolute Gasteiger partial charge is 0.265 e. The van der Waals surface area contributed by atoms with Crippen LogP contribution >= 0.6 is 0 Å². The number of sulfonamides is 1. The van der Waals surface area contributed by atoms with Crippen molar-refractivity contribution in [2.45, 2.75) is 18.7 Å². The van der Waals surface area contributed by atoms with Crippen LogP contribution in [0.15, 0.2) is 65.8 Å². The molecule has 160 valence electrons. The Kier molecular flexibility index (Phi) is 5.72. The molecule has 2 aromatic heterocycles. The van der Waals surface area contributed by atoms with Gasteiger partial charge < -0.3 is 9.47 Å². The molecule has 0 bridgehead atoms. The fourth-order valence-corrected chi connectivity index (χ4v) is 4.25. The third-order valence-electron chi connectivity index (χ3n) is 4.41. The van der Waals surface area contributed by atoms with Gasteiger partial charge in [-0.3, -0.25) is 4.72 Å². The van der Waals surface area contributed by atoms with Crippen LogP contribution in [0.3, 0.4) is 0 Å². The average molecular weight is 439 g/mol. The number of fused-ring (bicyclic) bond motifs is 1. The van der Waals surface area contributed by atoms with Crippen LogP contribution in [0.4, 0.5) is 5.69 Å². The lowest BCUT2D eigenvalue weighted by atomic mass is 10.1. The molecule has 2 heterocycles. The molecule has 4 aromatic rings. The first kappa shape index (κ1) is 20.6. The summed E-state index contributed by atoms with van der Waals surface area (Å²) >= 11 is 0. The van der Waals surface area contributed by atoms with Crippen molar-refractivity contribution in [2.75, 3.05) is 17.9 Å². The van der Waals surface area contributed by atoms with Crippen LogP contribution in [0.25, 0.3) is 16.9 Å². The monoisotopic (exact) mass is 439 g/mol. The molecule has 9 nitrogen and oxygen atoms in total. The van der Waals surface area contributed by atoms with Gasteiger partial charge in [-0.25, -0.2) is 8.42 Å². The summed E-state index contributed by atoms with van der Waals surface area (Å²) in [7, 11) is -3.90. The lowest BCUT2D eigenvalue weighted by Gasteiger charge is -2.14. The second-order valence-corrected chi connectivity index (χ2v) is 8.16. The maximum atomic E-state index is 13.0. The molecule has 0 spiro atoms. The first-order valence-electron chi connectivity index (χ1n) is 9.70. The van der Waals surface area contributed by atoms with E-state index in [4.69, 9.17) is 9.47 Å². The zero-order chi connectivity index (χ0) is 21.8. The number of nitrogens with zero attached hydrogens (tertiary/aromatic N) is 4. The van der Waals surface area contributed by atoms with Crippen molar-refractivity contribution in [3.8, 4) is 22.8 Å². The maximum absolute atomic E-state index is 13.0. The van der Waals surface area contributed by atoms with Crippen LogP contribution in [-0.4, -0.2) is 41.4 Å². The topological polar surface area (TPSA) is 108 Å². The summed E-state index contributed by atoms with van der Waals surface area (Å²) in [6, 6.07) is 15.3. The summed E-state index contributed by atoms with van der Waals surface area (Å²) in [5, 5.41) is 12.2. The van der Waals surface area contributed by atoms with Gasteiger partial charge in [0.05, 0.1) is 18.9 Å². The molecule has 31 heavy (non-hydrogen) atoms. The predicted octanol–water partition coefficient (Wildman–Crippen LogP) is 3.39. The molecule has 0 aliphatic rings. The van der Waals surface area contributed by atoms with Gasteiger partial charge in [0.2, 0.25) is 0 Å². The fourth-order valence-electron chi connectivity index (χ4n) is 3.03. The first-order chi connectivity index (χ1) is 15.0. The zero-order valence-electron chi connectivity index (χ0n) is 17.0. The van der Waals surface area contributed by atoms with Gasteiger partial charge in [-0.05, 0) is 50.2 Å². The Morgan fingerprint density at radius 3 is 2.48 bits per heavy atom. The number of ether oxygens (including phenoxy) is 2. The lowest BCUT2D eigenvalue weighted by molar-refractivity contribution is 0.322. The second-order valence-electron chi connectivity index (χ2n) is 6.51. The highest BCUT2D eigenvalue weighted by Gasteiger charge is 2.21. The van der Waals surface area contributed by atoms with E-state index in [1.165, 1.54) is 12.4 Å². The number of rotatable bonds is 8. The van der Waals surface area contributed by atoms with Crippen molar-refractivity contribution in [3.63, 3.8) is 0 Å². The minimum atomic E-state index is -3.90. The highest BCUT2D eigenvalue weighted by molar-refractivity contribution is 7.92. The number of anilines is 1. The summed E-state index contributed by atoms with van der Waals surface area (Å²) < 4.78 is 41.2. The van der Waals surface area contributed by atoms with Crippen molar-refractivity contribution in [1.82, 2.24) is 19.8 Å². The minimum absolute atomic E-state index is 0.0177. The van der Waals surface area contributed by atoms with Gasteiger partial charge in [0.1, 0.15) is 22.7 Å². The molecule has 0 unspecified atom stereocenters. The molecule has 10 heteroatoms. The Bertz CT molecular complexity index is 1300. The highest BCUT2D eigenvalue weighted by atomic mass is 32.2. The van der Waals surface area contributed by atoms with Crippen molar-refractivity contribution in [1.29, 1.82) is 0 Å². The molecule has 4 rings (SSSR count). The van der Waals surface area contributed by atoms with E-state index < -0.39 is 10.0 Å². The molecule has 0 amide bonds. The van der Waals surface area contributed by atoms with Gasteiger partial charge >= 0.3 is 0 Å². The number of hydrogen-bond acceptors (Lipinski definition) is 7. The van der Waals surface area contributed by atoms with Crippen molar-refractivity contribution < 1.29 is 17.9 Å². The molecule has 0 aliphatic carbocycles. The van der Waals surface area contributed by atoms with Crippen molar-refractivity contribution in [2.24, 2.45) is 0 Å². The van der Waals surface area contributed by atoms with Crippen LogP contribution in [0.2, 0.25) is 0 Å². The van der Waals surface area contributed by atoms with E-state index in [1.807, 2.05) is 19.1 Å². The van der Waals surface area contributed by atoms with E-state index in [0.717, 1.165) is 5.56 Å². The predicted molar refractivity (Wildman–Crippen MR) is 116 cm³/mol. The van der Waals surface area contributed by atoms with Crippen LogP contribution in [0, 0.1) is 0 Å². The number of benzene rings is 2. The molecule has 0 aliphatic heterocycles. The first-order valence-corrected chi connectivity index (χ1v) is 11.2. The molecular formula is C21H21N5O4S. The Labute approximate surface area is 179 Å². The Hall–Kier alpha value is -3.66. The number of nitrogens with one attached hydrogen (secondary N) is 1. The largest absolute Gasteiger partial charge is 0.494 e. The summed E-state index contributed by atoms with van der Waals surface area (Å²) in [5.74, 6) is 0.721. The van der Waals surface area contributed by atoms with E-state index >= 15 is 0 Å². The second kappa shape index (κ2) is 8.60. The highest BCUT2D eigenvalue weighted by Crippen LogP contribution is 2.30. The van der Waals surface area contributed by atoms with E-state index in [9.17, 15) is 8.42 Å². The van der Waals surface area contributed by atoms with Crippen LogP contribution in [0.1, 0.15) is 13.8 Å². The van der Waals surface area contributed by atoms with Crippen molar-refractivity contribution in [3.05, 3.63) is 60.9 Å². The lowest BCUT2D eigenvalue weighted by Crippen LogP contribution is -2.15. The summed E-state index contributed by atoms with van der Waals surface area (Å²) in [5.41, 5.74) is 2.60.